The SMILES string of the molecule is CCCC(C)NC(=O)C1N(CCCCCO)C(=O)[C@@H]2[C@@H](C(=O)Nc3ccccc3)[C@H]3CC(C)C12S3. The first-order chi connectivity index (χ1) is 16.8. The summed E-state index contributed by atoms with van der Waals surface area (Å²) in [4.78, 5) is 43.0. The quantitative estimate of drug-likeness (QED) is 0.404. The molecule has 0 aliphatic carbocycles. The highest BCUT2D eigenvalue weighted by molar-refractivity contribution is 8.02. The summed E-state index contributed by atoms with van der Waals surface area (Å²) < 4.78 is -0.590. The third kappa shape index (κ3) is 4.71. The molecule has 0 radical (unpaired) electrons. The van der Waals surface area contributed by atoms with E-state index in [1.165, 1.54) is 0 Å². The van der Waals surface area contributed by atoms with Crippen molar-refractivity contribution in [1.29, 1.82) is 0 Å². The molecule has 1 aromatic carbocycles. The first-order valence-corrected chi connectivity index (χ1v) is 14.0. The average Bonchev–Trinajstić information content (AvgIpc) is 3.41. The average molecular weight is 502 g/mol. The van der Waals surface area contributed by atoms with Crippen LogP contribution in [0.3, 0.4) is 0 Å². The molecule has 35 heavy (non-hydrogen) atoms. The molecule has 3 saturated heterocycles. The predicted molar refractivity (Wildman–Crippen MR) is 139 cm³/mol. The number of hydrogen-bond donors (Lipinski definition) is 3. The number of fused-ring (bicyclic) bond motifs is 1. The molecule has 3 N–H and O–H groups in total. The lowest BCUT2D eigenvalue weighted by molar-refractivity contribution is -0.139. The minimum absolute atomic E-state index is 0.0302. The molecule has 3 aliphatic heterocycles. The van der Waals surface area contributed by atoms with E-state index < -0.39 is 22.6 Å². The van der Waals surface area contributed by atoms with Crippen molar-refractivity contribution in [2.75, 3.05) is 18.5 Å². The molecule has 3 amide bonds. The van der Waals surface area contributed by atoms with Gasteiger partial charge in [0.25, 0.3) is 0 Å². The lowest BCUT2D eigenvalue weighted by Gasteiger charge is -2.39. The summed E-state index contributed by atoms with van der Waals surface area (Å²) in [5.41, 5.74) is 0.723. The Morgan fingerprint density at radius 2 is 1.94 bits per heavy atom. The van der Waals surface area contributed by atoms with Gasteiger partial charge in [-0.05, 0) is 57.1 Å². The van der Waals surface area contributed by atoms with Gasteiger partial charge in [0.15, 0.2) is 0 Å². The van der Waals surface area contributed by atoms with Crippen molar-refractivity contribution in [1.82, 2.24) is 10.2 Å². The Hall–Kier alpha value is -2.06. The molecule has 7 atom stereocenters. The number of unbranched alkanes of at least 4 members (excludes halogenated alkanes) is 2. The molecule has 7 nitrogen and oxygen atoms in total. The van der Waals surface area contributed by atoms with Crippen molar-refractivity contribution < 1.29 is 19.5 Å². The lowest BCUT2D eigenvalue weighted by Crippen LogP contribution is -2.57. The van der Waals surface area contributed by atoms with Crippen molar-refractivity contribution in [2.45, 2.75) is 81.4 Å². The number of anilines is 1. The molecular weight excluding hydrogens is 462 g/mol. The largest absolute Gasteiger partial charge is 0.396 e. The Morgan fingerprint density at radius 3 is 2.63 bits per heavy atom. The van der Waals surface area contributed by atoms with Gasteiger partial charge >= 0.3 is 0 Å². The van der Waals surface area contributed by atoms with Crippen LogP contribution in [0.4, 0.5) is 5.69 Å². The summed E-state index contributed by atoms with van der Waals surface area (Å²) in [5.74, 6) is -1.07. The van der Waals surface area contributed by atoms with Crippen molar-refractivity contribution in [3.05, 3.63) is 30.3 Å². The third-order valence-electron chi connectivity index (χ3n) is 8.01. The molecule has 0 saturated carbocycles. The minimum atomic E-state index is -0.590. The number of para-hydroxylation sites is 1. The maximum absolute atomic E-state index is 14.0. The molecular formula is C27H39N3O4S. The Kier molecular flexibility index (Phi) is 8.11. The summed E-state index contributed by atoms with van der Waals surface area (Å²) >= 11 is 1.71. The fraction of sp³-hybridized carbons (Fsp3) is 0.667. The predicted octanol–water partition coefficient (Wildman–Crippen LogP) is 3.43. The first kappa shape index (κ1) is 26.0. The molecule has 2 bridgehead atoms. The maximum Gasteiger partial charge on any atom is 0.244 e. The van der Waals surface area contributed by atoms with Gasteiger partial charge in [-0.15, -0.1) is 11.8 Å². The zero-order valence-corrected chi connectivity index (χ0v) is 21.9. The Labute approximate surface area is 212 Å². The number of carbonyl (C=O) groups is 3. The van der Waals surface area contributed by atoms with Gasteiger partial charge in [-0.2, -0.15) is 0 Å². The van der Waals surface area contributed by atoms with Crippen LogP contribution >= 0.6 is 11.8 Å². The summed E-state index contributed by atoms with van der Waals surface area (Å²) in [6.07, 6.45) is 4.88. The molecule has 0 aromatic heterocycles. The summed E-state index contributed by atoms with van der Waals surface area (Å²) in [5, 5.41) is 15.4. The van der Waals surface area contributed by atoms with Gasteiger partial charge in [-0.25, -0.2) is 0 Å². The van der Waals surface area contributed by atoms with E-state index in [1.807, 2.05) is 37.3 Å². The fourth-order valence-corrected chi connectivity index (χ4v) is 8.93. The van der Waals surface area contributed by atoms with Crippen LogP contribution in [0.1, 0.15) is 59.3 Å². The van der Waals surface area contributed by atoms with E-state index in [-0.39, 0.29) is 41.5 Å². The lowest BCUT2D eigenvalue weighted by atomic mass is 9.65. The van der Waals surface area contributed by atoms with Gasteiger partial charge in [-0.3, -0.25) is 14.4 Å². The van der Waals surface area contributed by atoms with Crippen molar-refractivity contribution in [2.24, 2.45) is 17.8 Å². The van der Waals surface area contributed by atoms with Gasteiger partial charge in [0, 0.05) is 30.1 Å². The van der Waals surface area contributed by atoms with Crippen LogP contribution in [0.5, 0.6) is 0 Å². The molecule has 3 fully saturated rings. The maximum atomic E-state index is 14.0. The zero-order valence-electron chi connectivity index (χ0n) is 21.0. The third-order valence-corrected chi connectivity index (χ3v) is 10.1. The highest BCUT2D eigenvalue weighted by Crippen LogP contribution is 2.68. The second kappa shape index (κ2) is 10.9. The van der Waals surface area contributed by atoms with Crippen LogP contribution in [0, 0.1) is 17.8 Å². The van der Waals surface area contributed by atoms with Crippen LogP contribution in [0.15, 0.2) is 30.3 Å². The molecule has 1 spiro atoms. The zero-order chi connectivity index (χ0) is 25.2. The molecule has 1 aromatic rings. The van der Waals surface area contributed by atoms with Gasteiger partial charge in [0.05, 0.1) is 16.6 Å². The van der Waals surface area contributed by atoms with Crippen molar-refractivity contribution in [3.63, 3.8) is 0 Å². The number of carbonyl (C=O) groups excluding carboxylic acids is 3. The minimum Gasteiger partial charge on any atom is -0.396 e. The fourth-order valence-electron chi connectivity index (χ4n) is 6.50. The molecule has 4 unspecified atom stereocenters. The number of rotatable bonds is 11. The van der Waals surface area contributed by atoms with E-state index in [2.05, 4.69) is 24.5 Å². The van der Waals surface area contributed by atoms with E-state index in [4.69, 9.17) is 0 Å². The van der Waals surface area contributed by atoms with Crippen LogP contribution in [0.25, 0.3) is 0 Å². The van der Waals surface area contributed by atoms with Gasteiger partial charge in [0.2, 0.25) is 17.7 Å². The van der Waals surface area contributed by atoms with Gasteiger partial charge in [0.1, 0.15) is 6.04 Å². The number of benzene rings is 1. The monoisotopic (exact) mass is 501 g/mol. The highest BCUT2D eigenvalue weighted by atomic mass is 32.2. The van der Waals surface area contributed by atoms with Crippen molar-refractivity contribution in [3.8, 4) is 0 Å². The number of aliphatic hydroxyl groups is 1. The van der Waals surface area contributed by atoms with Gasteiger partial charge in [-0.1, -0.05) is 38.5 Å². The molecule has 8 heteroatoms. The summed E-state index contributed by atoms with van der Waals surface area (Å²) in [7, 11) is 0. The molecule has 4 rings (SSSR count). The number of likely N-dealkylation sites (tertiary alicyclic amines) is 1. The standard InChI is InChI=1S/C27H39N3O4S/c1-4-11-18(3)28-25(33)23-27-17(2)16-20(35-27)21(24(32)29-19-12-7-5-8-13-19)22(27)26(34)30(23)14-9-6-10-15-31/h5,7-8,12-13,17-18,20-23,31H,4,6,9-11,14-16H2,1-3H3,(H,28,33)(H,29,32)/t17?,18?,20-,21+,22+,23?,27?/m1/s1. The van der Waals surface area contributed by atoms with Crippen LogP contribution in [-0.4, -0.2) is 63.0 Å². The number of thioether (sulfide) groups is 1. The second-order valence-electron chi connectivity index (χ2n) is 10.4. The molecule has 3 aliphatic rings. The number of hydrogen-bond acceptors (Lipinski definition) is 5. The first-order valence-electron chi connectivity index (χ1n) is 13.1. The Balaban J connectivity index is 1.64. The molecule has 192 valence electrons. The van der Waals surface area contributed by atoms with E-state index in [0.29, 0.717) is 13.0 Å². The van der Waals surface area contributed by atoms with E-state index >= 15 is 0 Å². The topological polar surface area (TPSA) is 98.7 Å². The number of nitrogens with one attached hydrogen (secondary N) is 2. The van der Waals surface area contributed by atoms with Crippen molar-refractivity contribution >= 4 is 35.2 Å². The molecule has 3 heterocycles. The Morgan fingerprint density at radius 1 is 1.20 bits per heavy atom. The van der Waals surface area contributed by atoms with E-state index in [0.717, 1.165) is 37.8 Å². The smallest absolute Gasteiger partial charge is 0.244 e. The number of aliphatic hydroxyl groups excluding tert-OH is 1. The number of amides is 3. The van der Waals surface area contributed by atoms with Crippen LogP contribution in [0.2, 0.25) is 0 Å². The Bertz CT molecular complexity index is 928. The van der Waals surface area contributed by atoms with Crippen LogP contribution in [-0.2, 0) is 14.4 Å². The number of nitrogens with zero attached hydrogens (tertiary/aromatic N) is 1. The van der Waals surface area contributed by atoms with E-state index in [1.54, 1.807) is 16.7 Å². The van der Waals surface area contributed by atoms with Gasteiger partial charge < -0.3 is 20.6 Å². The summed E-state index contributed by atoms with van der Waals surface area (Å²) in [6, 6.07) is 8.82. The normalized spacial score (nSPS) is 31.9. The van der Waals surface area contributed by atoms with E-state index in [9.17, 15) is 19.5 Å². The second-order valence-corrected chi connectivity index (χ2v) is 12.0. The highest BCUT2D eigenvalue weighted by Gasteiger charge is 2.75. The summed E-state index contributed by atoms with van der Waals surface area (Å²) in [6.45, 7) is 6.84. The van der Waals surface area contributed by atoms with Crippen LogP contribution < -0.4 is 10.6 Å².